The molecule has 3 unspecified atom stereocenters. The first-order chi connectivity index (χ1) is 13.2. The van der Waals surface area contributed by atoms with Crippen molar-refractivity contribution in [3.05, 3.63) is 58.6 Å². The second-order valence-electron chi connectivity index (χ2n) is 8.11. The average Bonchev–Trinajstić information content (AvgIpc) is 3.11. The minimum atomic E-state index is 0.000899. The molecule has 2 heterocycles. The topological polar surface area (TPSA) is 50.2 Å². The number of piperidine rings is 1. The third-order valence-corrected chi connectivity index (χ3v) is 6.17. The van der Waals surface area contributed by atoms with E-state index in [9.17, 15) is 4.79 Å². The number of aryl methyl sites for hydroxylation is 1. The second-order valence-corrected chi connectivity index (χ2v) is 8.11. The van der Waals surface area contributed by atoms with Crippen LogP contribution in [0, 0.1) is 5.92 Å². The maximum Gasteiger partial charge on any atom is 0.293 e. The van der Waals surface area contributed by atoms with Crippen LogP contribution in [0.4, 0.5) is 5.82 Å². The standard InChI is InChI=1S/C22H30N4O/c1-25-14-12-23-21(22(25)27)26-13-6-10-19(16-26)24-20-11-5-9-18(20)15-17-7-3-2-4-8-17/h2-4,7-8,12,14,18-20,24H,5-6,9-11,13,15-16H2,1H3. The summed E-state index contributed by atoms with van der Waals surface area (Å²) < 4.78 is 1.62. The second kappa shape index (κ2) is 8.26. The van der Waals surface area contributed by atoms with Crippen molar-refractivity contribution < 1.29 is 0 Å². The molecule has 1 aliphatic carbocycles. The molecule has 5 heteroatoms. The number of nitrogens with zero attached hydrogens (tertiary/aromatic N) is 3. The van der Waals surface area contributed by atoms with E-state index in [1.807, 2.05) is 0 Å². The van der Waals surface area contributed by atoms with Crippen molar-refractivity contribution in [3.8, 4) is 0 Å². The number of benzene rings is 1. The van der Waals surface area contributed by atoms with Crippen LogP contribution in [0.15, 0.2) is 47.5 Å². The lowest BCUT2D eigenvalue weighted by atomic mass is 9.93. The van der Waals surface area contributed by atoms with Crippen molar-refractivity contribution in [2.45, 2.75) is 50.6 Å². The quantitative estimate of drug-likeness (QED) is 0.884. The normalized spacial score (nSPS) is 25.7. The molecule has 5 nitrogen and oxygen atoms in total. The van der Waals surface area contributed by atoms with Gasteiger partial charge in [-0.2, -0.15) is 0 Å². The highest BCUT2D eigenvalue weighted by Gasteiger charge is 2.31. The van der Waals surface area contributed by atoms with Crippen LogP contribution in [0.1, 0.15) is 37.7 Å². The lowest BCUT2D eigenvalue weighted by Crippen LogP contribution is -2.51. The van der Waals surface area contributed by atoms with Crippen LogP contribution >= 0.6 is 0 Å². The van der Waals surface area contributed by atoms with Gasteiger partial charge in [-0.05, 0) is 43.6 Å². The third-order valence-electron chi connectivity index (χ3n) is 6.17. The molecule has 1 saturated carbocycles. The molecule has 0 spiro atoms. The fourth-order valence-electron chi connectivity index (χ4n) is 4.73. The van der Waals surface area contributed by atoms with Crippen LogP contribution < -0.4 is 15.8 Å². The number of hydrogen-bond donors (Lipinski definition) is 1. The molecule has 2 aliphatic rings. The van der Waals surface area contributed by atoms with Crippen molar-refractivity contribution in [3.63, 3.8) is 0 Å². The zero-order chi connectivity index (χ0) is 18.6. The molecule has 3 atom stereocenters. The Bertz CT molecular complexity index is 803. The predicted molar refractivity (Wildman–Crippen MR) is 109 cm³/mol. The van der Waals surface area contributed by atoms with Gasteiger partial charge < -0.3 is 14.8 Å². The van der Waals surface area contributed by atoms with Gasteiger partial charge in [0.2, 0.25) is 0 Å². The van der Waals surface area contributed by atoms with E-state index >= 15 is 0 Å². The Hall–Kier alpha value is -2.14. The third kappa shape index (κ3) is 4.24. The fourth-order valence-corrected chi connectivity index (χ4v) is 4.73. The van der Waals surface area contributed by atoms with E-state index in [2.05, 4.69) is 45.5 Å². The van der Waals surface area contributed by atoms with Gasteiger partial charge in [-0.3, -0.25) is 4.79 Å². The molecule has 2 fully saturated rings. The number of nitrogens with one attached hydrogen (secondary N) is 1. The summed E-state index contributed by atoms with van der Waals surface area (Å²) in [5.41, 5.74) is 1.44. The SMILES string of the molecule is Cn1ccnc(N2CCCC(NC3CCCC3Cc3ccccc3)C2)c1=O. The summed E-state index contributed by atoms with van der Waals surface area (Å²) in [6.45, 7) is 1.79. The summed E-state index contributed by atoms with van der Waals surface area (Å²) in [6, 6.07) is 11.9. The van der Waals surface area contributed by atoms with Crippen LogP contribution in [0.25, 0.3) is 0 Å². The Kier molecular flexibility index (Phi) is 5.58. The number of rotatable bonds is 5. The monoisotopic (exact) mass is 366 g/mol. The molecule has 0 amide bonds. The van der Waals surface area contributed by atoms with E-state index < -0.39 is 0 Å². The molecule has 1 saturated heterocycles. The van der Waals surface area contributed by atoms with Crippen molar-refractivity contribution in [2.24, 2.45) is 13.0 Å². The van der Waals surface area contributed by atoms with Crippen LogP contribution in [0.5, 0.6) is 0 Å². The minimum Gasteiger partial charge on any atom is -0.350 e. The summed E-state index contributed by atoms with van der Waals surface area (Å²) in [5.74, 6) is 1.31. The Morgan fingerprint density at radius 1 is 1.15 bits per heavy atom. The summed E-state index contributed by atoms with van der Waals surface area (Å²) in [4.78, 5) is 18.9. The van der Waals surface area contributed by atoms with Crippen LogP contribution in [-0.2, 0) is 13.5 Å². The molecule has 2 aromatic rings. The predicted octanol–water partition coefficient (Wildman–Crippen LogP) is 2.75. The van der Waals surface area contributed by atoms with Crippen LogP contribution in [-0.4, -0.2) is 34.7 Å². The molecule has 144 valence electrons. The molecule has 1 aromatic carbocycles. The summed E-state index contributed by atoms with van der Waals surface area (Å²) in [7, 11) is 1.79. The molecule has 1 aromatic heterocycles. The maximum absolute atomic E-state index is 12.4. The molecular formula is C22H30N4O. The Labute approximate surface area is 161 Å². The van der Waals surface area contributed by atoms with Gasteiger partial charge in [0.15, 0.2) is 5.82 Å². The van der Waals surface area contributed by atoms with Crippen molar-refractivity contribution in [2.75, 3.05) is 18.0 Å². The van der Waals surface area contributed by atoms with Crippen molar-refractivity contribution in [1.82, 2.24) is 14.9 Å². The minimum absolute atomic E-state index is 0.000899. The van der Waals surface area contributed by atoms with Crippen LogP contribution in [0.2, 0.25) is 0 Å². The zero-order valence-corrected chi connectivity index (χ0v) is 16.2. The molecule has 27 heavy (non-hydrogen) atoms. The molecule has 0 bridgehead atoms. The lowest BCUT2D eigenvalue weighted by Gasteiger charge is -2.36. The van der Waals surface area contributed by atoms with Gasteiger partial charge in [0, 0.05) is 44.6 Å². The largest absolute Gasteiger partial charge is 0.350 e. The lowest BCUT2D eigenvalue weighted by molar-refractivity contribution is 0.323. The Morgan fingerprint density at radius 3 is 2.85 bits per heavy atom. The highest BCUT2D eigenvalue weighted by molar-refractivity contribution is 5.36. The van der Waals surface area contributed by atoms with Gasteiger partial charge in [-0.1, -0.05) is 36.8 Å². The number of aromatic nitrogens is 2. The average molecular weight is 367 g/mol. The highest BCUT2D eigenvalue weighted by atomic mass is 16.1. The summed E-state index contributed by atoms with van der Waals surface area (Å²) >= 11 is 0. The maximum atomic E-state index is 12.4. The van der Waals surface area contributed by atoms with Gasteiger partial charge in [-0.25, -0.2) is 4.98 Å². The van der Waals surface area contributed by atoms with E-state index in [0.717, 1.165) is 25.9 Å². The van der Waals surface area contributed by atoms with Crippen molar-refractivity contribution >= 4 is 5.82 Å². The Morgan fingerprint density at radius 2 is 2.00 bits per heavy atom. The molecule has 1 N–H and O–H groups in total. The number of hydrogen-bond acceptors (Lipinski definition) is 4. The first-order valence-electron chi connectivity index (χ1n) is 10.3. The molecule has 1 aliphatic heterocycles. The van der Waals surface area contributed by atoms with Gasteiger partial charge >= 0.3 is 0 Å². The van der Waals surface area contributed by atoms with Gasteiger partial charge in [0.25, 0.3) is 5.56 Å². The first-order valence-corrected chi connectivity index (χ1v) is 10.3. The van der Waals surface area contributed by atoms with E-state index in [1.165, 1.54) is 31.2 Å². The van der Waals surface area contributed by atoms with Crippen LogP contribution in [0.3, 0.4) is 0 Å². The van der Waals surface area contributed by atoms with Crippen molar-refractivity contribution in [1.29, 1.82) is 0 Å². The zero-order valence-electron chi connectivity index (χ0n) is 16.2. The molecular weight excluding hydrogens is 336 g/mol. The highest BCUT2D eigenvalue weighted by Crippen LogP contribution is 2.30. The number of anilines is 1. The van der Waals surface area contributed by atoms with E-state index in [0.29, 0.717) is 23.8 Å². The molecule has 4 rings (SSSR count). The van der Waals surface area contributed by atoms with Gasteiger partial charge in [0.05, 0.1) is 0 Å². The van der Waals surface area contributed by atoms with Gasteiger partial charge in [0.1, 0.15) is 0 Å². The first kappa shape index (κ1) is 18.2. The summed E-state index contributed by atoms with van der Waals surface area (Å²) in [6.07, 6.45) is 10.8. The smallest absolute Gasteiger partial charge is 0.293 e. The van der Waals surface area contributed by atoms with Gasteiger partial charge in [-0.15, -0.1) is 0 Å². The van der Waals surface area contributed by atoms with E-state index in [1.54, 1.807) is 24.0 Å². The summed E-state index contributed by atoms with van der Waals surface area (Å²) in [5, 5.41) is 3.94. The molecule has 0 radical (unpaired) electrons. The van der Waals surface area contributed by atoms with E-state index in [-0.39, 0.29) is 5.56 Å². The Balaban J connectivity index is 1.40. The fraction of sp³-hybridized carbons (Fsp3) is 0.545. The van der Waals surface area contributed by atoms with E-state index in [4.69, 9.17) is 0 Å².